The Balaban J connectivity index is 2.24. The first-order chi connectivity index (χ1) is 9.72. The quantitative estimate of drug-likeness (QED) is 0.551. The van der Waals surface area contributed by atoms with Gasteiger partial charge in [-0.25, -0.2) is 4.57 Å². The summed E-state index contributed by atoms with van der Waals surface area (Å²) < 4.78 is 23.7. The van der Waals surface area contributed by atoms with Gasteiger partial charge in [0.1, 0.15) is 11.5 Å². The van der Waals surface area contributed by atoms with Crippen LogP contribution in [0.4, 0.5) is 0 Å². The molecule has 2 rings (SSSR count). The Hall–Kier alpha value is -2.25. The lowest BCUT2D eigenvalue weighted by atomic mass is 10.3. The molecule has 0 N–H and O–H groups in total. The molecule has 4 heteroatoms. The molecule has 0 amide bonds. The lowest BCUT2D eigenvalue weighted by Gasteiger charge is -2.16. The van der Waals surface area contributed by atoms with Crippen LogP contribution in [-0.2, 0) is 4.57 Å². The fourth-order valence-corrected chi connectivity index (χ4v) is 2.82. The molecule has 20 heavy (non-hydrogen) atoms. The molecule has 2 aromatic carbocycles. The van der Waals surface area contributed by atoms with Crippen molar-refractivity contribution in [1.82, 2.24) is 0 Å². The third-order valence-electron chi connectivity index (χ3n) is 2.36. The fourth-order valence-electron chi connectivity index (χ4n) is 1.50. The van der Waals surface area contributed by atoms with Crippen molar-refractivity contribution in [3.05, 3.63) is 85.2 Å². The van der Waals surface area contributed by atoms with Gasteiger partial charge in [0.2, 0.25) is 0 Å². The zero-order valence-corrected chi connectivity index (χ0v) is 11.8. The molecule has 0 spiro atoms. The van der Waals surface area contributed by atoms with E-state index >= 15 is 0 Å². The molecule has 0 aliphatic carbocycles. The van der Waals surface area contributed by atoms with Gasteiger partial charge in [0.05, 0.1) is 5.82 Å². The van der Waals surface area contributed by atoms with E-state index in [1.807, 2.05) is 12.1 Å². The van der Waals surface area contributed by atoms with Crippen LogP contribution in [-0.4, -0.2) is 0 Å². The highest BCUT2D eigenvalue weighted by molar-refractivity contribution is 7.58. The van der Waals surface area contributed by atoms with E-state index in [9.17, 15) is 4.57 Å². The van der Waals surface area contributed by atoms with Crippen molar-refractivity contribution in [3.63, 3.8) is 0 Å². The predicted octanol–water partition coefficient (Wildman–Crippen LogP) is 5.04. The molecule has 0 saturated carbocycles. The van der Waals surface area contributed by atoms with Crippen LogP contribution in [0.25, 0.3) is 0 Å². The Kier molecular flexibility index (Phi) is 4.80. The molecule has 0 saturated heterocycles. The number of rotatable bonds is 6. The molecule has 0 aromatic heterocycles. The SMILES string of the molecule is C=CC=CP(=O)(Oc1ccccc1)Oc1ccccc1. The average Bonchev–Trinajstić information content (AvgIpc) is 2.47. The summed E-state index contributed by atoms with van der Waals surface area (Å²) in [7, 11) is -3.43. The van der Waals surface area contributed by atoms with E-state index in [2.05, 4.69) is 6.58 Å². The van der Waals surface area contributed by atoms with Crippen molar-refractivity contribution < 1.29 is 13.6 Å². The smallest absolute Gasteiger partial charge is 0.413 e. The zero-order valence-electron chi connectivity index (χ0n) is 10.9. The van der Waals surface area contributed by atoms with Crippen LogP contribution < -0.4 is 9.05 Å². The van der Waals surface area contributed by atoms with Crippen LogP contribution in [0.1, 0.15) is 0 Å². The van der Waals surface area contributed by atoms with Crippen LogP contribution in [0.3, 0.4) is 0 Å². The largest absolute Gasteiger partial charge is 0.455 e. The molecular formula is C16H15O3P. The highest BCUT2D eigenvalue weighted by Gasteiger charge is 2.24. The van der Waals surface area contributed by atoms with E-state index in [-0.39, 0.29) is 0 Å². The summed E-state index contributed by atoms with van der Waals surface area (Å²) in [6.45, 7) is 3.56. The first kappa shape index (κ1) is 14.2. The van der Waals surface area contributed by atoms with Gasteiger partial charge in [0.25, 0.3) is 0 Å². The Morgan fingerprint density at radius 1 is 0.850 bits per heavy atom. The van der Waals surface area contributed by atoms with E-state index in [4.69, 9.17) is 9.05 Å². The first-order valence-electron chi connectivity index (χ1n) is 6.11. The number of benzene rings is 2. The lowest BCUT2D eigenvalue weighted by molar-refractivity contribution is 0.398. The Bertz CT molecular complexity index is 575. The fraction of sp³-hybridized carbons (Fsp3) is 0. The highest BCUT2D eigenvalue weighted by Crippen LogP contribution is 2.49. The molecule has 3 nitrogen and oxygen atoms in total. The standard InChI is InChI=1S/C16H15O3P/c1-2-3-14-20(17,18-15-10-6-4-7-11-15)19-16-12-8-5-9-13-16/h2-14H,1H2. The van der Waals surface area contributed by atoms with Gasteiger partial charge in [-0.15, -0.1) is 0 Å². The molecule has 2 aromatic rings. The summed E-state index contributed by atoms with van der Waals surface area (Å²) >= 11 is 0. The summed E-state index contributed by atoms with van der Waals surface area (Å²) in [4.78, 5) is 0. The monoisotopic (exact) mass is 286 g/mol. The summed E-state index contributed by atoms with van der Waals surface area (Å²) in [6, 6.07) is 17.8. The first-order valence-corrected chi connectivity index (χ1v) is 7.72. The number of hydrogen-bond acceptors (Lipinski definition) is 3. The second-order valence-electron chi connectivity index (χ2n) is 3.93. The van der Waals surface area contributed by atoms with Crippen molar-refractivity contribution in [2.75, 3.05) is 0 Å². The molecule has 0 aliphatic heterocycles. The molecule has 0 bridgehead atoms. The number of hydrogen-bond donors (Lipinski definition) is 0. The topological polar surface area (TPSA) is 35.5 Å². The second-order valence-corrected chi connectivity index (χ2v) is 5.67. The van der Waals surface area contributed by atoms with Gasteiger partial charge in [0.15, 0.2) is 0 Å². The van der Waals surface area contributed by atoms with Gasteiger partial charge in [-0.05, 0) is 24.3 Å². The van der Waals surface area contributed by atoms with Crippen LogP contribution in [0, 0.1) is 0 Å². The summed E-state index contributed by atoms with van der Waals surface area (Å²) in [5.74, 6) is 2.36. The van der Waals surface area contributed by atoms with E-state index in [0.717, 1.165) is 0 Å². The molecule has 0 aliphatic rings. The molecule has 0 atom stereocenters. The van der Waals surface area contributed by atoms with E-state index in [1.165, 1.54) is 11.9 Å². The zero-order chi connectivity index (χ0) is 14.3. The highest BCUT2D eigenvalue weighted by atomic mass is 31.2. The third-order valence-corrected chi connectivity index (χ3v) is 3.82. The molecule has 0 fully saturated rings. The van der Waals surface area contributed by atoms with Gasteiger partial charge in [-0.2, -0.15) is 0 Å². The Morgan fingerprint density at radius 3 is 1.70 bits per heavy atom. The maximum absolute atomic E-state index is 12.7. The third kappa shape index (κ3) is 4.15. The minimum absolute atomic E-state index is 0.487. The van der Waals surface area contributed by atoms with Gasteiger partial charge >= 0.3 is 7.60 Å². The minimum atomic E-state index is -3.43. The summed E-state index contributed by atoms with van der Waals surface area (Å²) in [5, 5.41) is 0. The van der Waals surface area contributed by atoms with Gasteiger partial charge in [-0.1, -0.05) is 55.1 Å². The minimum Gasteiger partial charge on any atom is -0.413 e. The van der Waals surface area contributed by atoms with Gasteiger partial charge in [0, 0.05) is 0 Å². The van der Waals surface area contributed by atoms with Crippen LogP contribution in [0.15, 0.2) is 85.2 Å². The van der Waals surface area contributed by atoms with Gasteiger partial charge in [-0.3, -0.25) is 0 Å². The van der Waals surface area contributed by atoms with Crippen molar-refractivity contribution in [1.29, 1.82) is 0 Å². The van der Waals surface area contributed by atoms with E-state index in [1.54, 1.807) is 54.6 Å². The molecular weight excluding hydrogens is 271 g/mol. The summed E-state index contributed by atoms with van der Waals surface area (Å²) in [5.41, 5.74) is 0. The predicted molar refractivity (Wildman–Crippen MR) is 81.1 cm³/mol. The molecule has 102 valence electrons. The van der Waals surface area contributed by atoms with Crippen molar-refractivity contribution in [3.8, 4) is 11.5 Å². The molecule has 0 radical (unpaired) electrons. The second kappa shape index (κ2) is 6.78. The van der Waals surface area contributed by atoms with Gasteiger partial charge < -0.3 is 9.05 Å². The Morgan fingerprint density at radius 2 is 1.30 bits per heavy atom. The van der Waals surface area contributed by atoms with Crippen LogP contribution in [0.2, 0.25) is 0 Å². The maximum Gasteiger partial charge on any atom is 0.455 e. The molecule has 0 unspecified atom stereocenters. The van der Waals surface area contributed by atoms with Crippen LogP contribution >= 0.6 is 7.60 Å². The average molecular weight is 286 g/mol. The normalized spacial score (nSPS) is 11.2. The lowest BCUT2D eigenvalue weighted by Crippen LogP contribution is -1.98. The van der Waals surface area contributed by atoms with Crippen molar-refractivity contribution >= 4 is 7.60 Å². The van der Waals surface area contributed by atoms with Crippen LogP contribution in [0.5, 0.6) is 11.5 Å². The Labute approximate surface area is 118 Å². The van der Waals surface area contributed by atoms with Crippen molar-refractivity contribution in [2.45, 2.75) is 0 Å². The molecule has 0 heterocycles. The van der Waals surface area contributed by atoms with E-state index < -0.39 is 7.60 Å². The number of para-hydroxylation sites is 2. The number of allylic oxidation sites excluding steroid dienone is 2. The van der Waals surface area contributed by atoms with E-state index in [0.29, 0.717) is 11.5 Å². The van der Waals surface area contributed by atoms with Crippen molar-refractivity contribution in [2.24, 2.45) is 0 Å². The maximum atomic E-state index is 12.7. The summed E-state index contributed by atoms with van der Waals surface area (Å²) in [6.07, 6.45) is 3.07.